The molecule has 4 nitrogen and oxygen atoms in total. The summed E-state index contributed by atoms with van der Waals surface area (Å²) in [6, 6.07) is 0. The Bertz CT molecular complexity index is 219. The summed E-state index contributed by atoms with van der Waals surface area (Å²) in [6.45, 7) is 7.51. The molecule has 0 bridgehead atoms. The van der Waals surface area contributed by atoms with Crippen LogP contribution in [0, 0.1) is 11.3 Å². The third-order valence-electron chi connectivity index (χ3n) is 3.01. The van der Waals surface area contributed by atoms with Gasteiger partial charge in [0.15, 0.2) is 0 Å². The van der Waals surface area contributed by atoms with Gasteiger partial charge >= 0.3 is 5.97 Å². The predicted octanol–water partition coefficient (Wildman–Crippen LogP) is 2.27. The fraction of sp³-hybridized carbons (Fsp3) is 0.923. The van der Waals surface area contributed by atoms with E-state index in [-0.39, 0.29) is 6.54 Å². The van der Waals surface area contributed by atoms with E-state index in [4.69, 9.17) is 10.5 Å². The Morgan fingerprint density at radius 1 is 1.41 bits per heavy atom. The van der Waals surface area contributed by atoms with Gasteiger partial charge in [0.2, 0.25) is 0 Å². The Morgan fingerprint density at radius 3 is 2.47 bits per heavy atom. The van der Waals surface area contributed by atoms with Crippen molar-refractivity contribution in [2.45, 2.75) is 46.5 Å². The molecule has 1 unspecified atom stereocenters. The summed E-state index contributed by atoms with van der Waals surface area (Å²) < 4.78 is 5.44. The first-order valence-corrected chi connectivity index (χ1v) is 6.49. The molecule has 0 amide bonds. The quantitative estimate of drug-likeness (QED) is 0.579. The molecule has 0 heterocycles. The molecular weight excluding hydrogens is 218 g/mol. The van der Waals surface area contributed by atoms with Crippen molar-refractivity contribution in [3.8, 4) is 0 Å². The Kier molecular flexibility index (Phi) is 8.17. The van der Waals surface area contributed by atoms with Gasteiger partial charge in [-0.2, -0.15) is 0 Å². The fourth-order valence-corrected chi connectivity index (χ4v) is 1.97. The average molecular weight is 245 g/mol. The van der Waals surface area contributed by atoms with E-state index in [1.165, 1.54) is 0 Å². The van der Waals surface area contributed by atoms with Crippen LogP contribution in [0.2, 0.25) is 0 Å². The van der Waals surface area contributed by atoms with Crippen LogP contribution in [-0.2, 0) is 9.53 Å². The van der Waals surface area contributed by atoms with Gasteiger partial charge in [-0.05, 0) is 25.2 Å². The Morgan fingerprint density at radius 2 is 2.06 bits per heavy atom. The van der Waals surface area contributed by atoms with Crippen LogP contribution in [0.15, 0.2) is 0 Å². The number of aliphatic carboxylic acids is 1. The largest absolute Gasteiger partial charge is 0.481 e. The van der Waals surface area contributed by atoms with E-state index >= 15 is 0 Å². The van der Waals surface area contributed by atoms with E-state index in [1.54, 1.807) is 0 Å². The smallest absolute Gasteiger partial charge is 0.311 e. The van der Waals surface area contributed by atoms with Crippen LogP contribution in [0.1, 0.15) is 46.5 Å². The molecule has 0 saturated carbocycles. The molecule has 0 rings (SSSR count). The van der Waals surface area contributed by atoms with Gasteiger partial charge in [-0.25, -0.2) is 0 Å². The number of carbonyl (C=O) groups is 1. The number of hydrogen-bond acceptors (Lipinski definition) is 3. The Hall–Kier alpha value is -0.610. The lowest BCUT2D eigenvalue weighted by Crippen LogP contribution is -2.40. The molecule has 0 aliphatic heterocycles. The number of hydrogen-bond donors (Lipinski definition) is 2. The molecule has 17 heavy (non-hydrogen) atoms. The summed E-state index contributed by atoms with van der Waals surface area (Å²) in [5, 5.41) is 9.34. The second kappa shape index (κ2) is 8.48. The van der Waals surface area contributed by atoms with Crippen molar-refractivity contribution in [1.29, 1.82) is 0 Å². The van der Waals surface area contributed by atoms with Crippen LogP contribution in [0.25, 0.3) is 0 Å². The molecule has 4 heteroatoms. The zero-order valence-corrected chi connectivity index (χ0v) is 11.4. The summed E-state index contributed by atoms with van der Waals surface area (Å²) in [5.41, 5.74) is 4.84. The molecule has 102 valence electrons. The SMILES string of the molecule is CCCCOCCC(CN)(CC(C)C)C(=O)O. The molecule has 0 aromatic carbocycles. The molecule has 0 aliphatic rings. The van der Waals surface area contributed by atoms with Crippen LogP contribution in [-0.4, -0.2) is 30.8 Å². The lowest BCUT2D eigenvalue weighted by Gasteiger charge is -2.29. The second-order valence-electron chi connectivity index (χ2n) is 5.10. The molecular formula is C13H27NO3. The van der Waals surface area contributed by atoms with E-state index in [9.17, 15) is 9.90 Å². The number of rotatable bonds is 10. The summed E-state index contributed by atoms with van der Waals surface area (Å²) in [7, 11) is 0. The summed E-state index contributed by atoms with van der Waals surface area (Å²) in [6.07, 6.45) is 3.22. The van der Waals surface area contributed by atoms with Gasteiger partial charge in [-0.15, -0.1) is 0 Å². The lowest BCUT2D eigenvalue weighted by atomic mass is 9.77. The number of carboxylic acids is 1. The van der Waals surface area contributed by atoms with Gasteiger partial charge in [-0.1, -0.05) is 27.2 Å². The highest BCUT2D eigenvalue weighted by Gasteiger charge is 2.37. The van der Waals surface area contributed by atoms with E-state index in [2.05, 4.69) is 6.92 Å². The maximum atomic E-state index is 11.4. The number of ether oxygens (including phenoxy) is 1. The van der Waals surface area contributed by atoms with Crippen molar-refractivity contribution < 1.29 is 14.6 Å². The zero-order chi connectivity index (χ0) is 13.3. The Balaban J connectivity index is 4.23. The summed E-state index contributed by atoms with van der Waals surface area (Å²) >= 11 is 0. The van der Waals surface area contributed by atoms with Crippen molar-refractivity contribution in [2.75, 3.05) is 19.8 Å². The summed E-state index contributed by atoms with van der Waals surface area (Å²) in [4.78, 5) is 11.4. The normalized spacial score (nSPS) is 14.9. The van der Waals surface area contributed by atoms with Gasteiger partial charge in [0.25, 0.3) is 0 Å². The standard InChI is InChI=1S/C13H27NO3/c1-4-5-7-17-8-6-13(10-14,12(15)16)9-11(2)3/h11H,4-10,14H2,1-3H3,(H,15,16). The molecule has 0 saturated heterocycles. The average Bonchev–Trinajstić information content (AvgIpc) is 2.26. The first-order valence-electron chi connectivity index (χ1n) is 6.49. The minimum absolute atomic E-state index is 0.178. The van der Waals surface area contributed by atoms with Gasteiger partial charge in [-0.3, -0.25) is 4.79 Å². The van der Waals surface area contributed by atoms with Crippen LogP contribution in [0.3, 0.4) is 0 Å². The van der Waals surface area contributed by atoms with Crippen molar-refractivity contribution in [3.63, 3.8) is 0 Å². The first-order chi connectivity index (χ1) is 7.98. The summed E-state index contributed by atoms with van der Waals surface area (Å²) in [5.74, 6) is -0.474. The minimum atomic E-state index is -0.819. The van der Waals surface area contributed by atoms with Crippen molar-refractivity contribution in [2.24, 2.45) is 17.1 Å². The molecule has 3 N–H and O–H groups in total. The monoisotopic (exact) mass is 245 g/mol. The third kappa shape index (κ3) is 6.03. The van der Waals surface area contributed by atoms with Crippen LogP contribution in [0.5, 0.6) is 0 Å². The topological polar surface area (TPSA) is 72.5 Å². The van der Waals surface area contributed by atoms with Crippen LogP contribution >= 0.6 is 0 Å². The first kappa shape index (κ1) is 16.4. The van der Waals surface area contributed by atoms with Gasteiger partial charge in [0.05, 0.1) is 5.41 Å². The molecule has 0 aromatic rings. The van der Waals surface area contributed by atoms with E-state index in [1.807, 2.05) is 13.8 Å². The minimum Gasteiger partial charge on any atom is -0.481 e. The molecule has 1 atom stereocenters. The molecule has 0 aromatic heterocycles. The fourth-order valence-electron chi connectivity index (χ4n) is 1.97. The number of nitrogens with two attached hydrogens (primary N) is 1. The highest BCUT2D eigenvalue weighted by atomic mass is 16.5. The van der Waals surface area contributed by atoms with Gasteiger partial charge in [0, 0.05) is 19.8 Å². The maximum Gasteiger partial charge on any atom is 0.311 e. The second-order valence-corrected chi connectivity index (χ2v) is 5.10. The van der Waals surface area contributed by atoms with Crippen molar-refractivity contribution in [1.82, 2.24) is 0 Å². The van der Waals surface area contributed by atoms with Crippen LogP contribution in [0.4, 0.5) is 0 Å². The molecule has 0 radical (unpaired) electrons. The van der Waals surface area contributed by atoms with E-state index < -0.39 is 11.4 Å². The zero-order valence-electron chi connectivity index (χ0n) is 11.4. The van der Waals surface area contributed by atoms with Crippen molar-refractivity contribution in [3.05, 3.63) is 0 Å². The van der Waals surface area contributed by atoms with Gasteiger partial charge in [0.1, 0.15) is 0 Å². The molecule has 0 fully saturated rings. The van der Waals surface area contributed by atoms with E-state index in [0.717, 1.165) is 12.8 Å². The molecule has 0 spiro atoms. The number of carboxylic acid groups (broad SMARTS) is 1. The third-order valence-corrected chi connectivity index (χ3v) is 3.01. The molecule has 0 aliphatic carbocycles. The van der Waals surface area contributed by atoms with E-state index in [0.29, 0.717) is 32.0 Å². The number of unbranched alkanes of at least 4 members (excludes halogenated alkanes) is 1. The Labute approximate surface area is 105 Å². The highest BCUT2D eigenvalue weighted by Crippen LogP contribution is 2.30. The van der Waals surface area contributed by atoms with Crippen LogP contribution < -0.4 is 5.73 Å². The lowest BCUT2D eigenvalue weighted by molar-refractivity contribution is -0.150. The highest BCUT2D eigenvalue weighted by molar-refractivity contribution is 5.75. The van der Waals surface area contributed by atoms with Gasteiger partial charge < -0.3 is 15.6 Å². The van der Waals surface area contributed by atoms with Crippen molar-refractivity contribution >= 4 is 5.97 Å². The predicted molar refractivity (Wildman–Crippen MR) is 68.9 cm³/mol. The maximum absolute atomic E-state index is 11.4.